The van der Waals surface area contributed by atoms with E-state index in [0.717, 1.165) is 30.8 Å². The summed E-state index contributed by atoms with van der Waals surface area (Å²) in [4.78, 5) is 6.53. The van der Waals surface area contributed by atoms with Crippen LogP contribution in [0.5, 0.6) is 0 Å². The molecule has 1 aliphatic heterocycles. The number of hydrogen-bond donors (Lipinski definition) is 2. The van der Waals surface area contributed by atoms with Crippen LogP contribution in [0.25, 0.3) is 0 Å². The van der Waals surface area contributed by atoms with Gasteiger partial charge in [-0.05, 0) is 43.8 Å². The highest BCUT2D eigenvalue weighted by Gasteiger charge is 2.15. The molecule has 2 rings (SSSR count). The third-order valence-electron chi connectivity index (χ3n) is 3.80. The topological polar surface area (TPSA) is 39.7 Å². The van der Waals surface area contributed by atoms with Gasteiger partial charge in [0.05, 0.1) is 0 Å². The van der Waals surface area contributed by atoms with Crippen molar-refractivity contribution in [1.29, 1.82) is 0 Å². The predicted molar refractivity (Wildman–Crippen MR) is 97.5 cm³/mol. The van der Waals surface area contributed by atoms with Crippen LogP contribution in [-0.2, 0) is 13.1 Å². The number of guanidine groups is 1. The fourth-order valence-electron chi connectivity index (χ4n) is 2.64. The van der Waals surface area contributed by atoms with Crippen molar-refractivity contribution in [3.63, 3.8) is 0 Å². The summed E-state index contributed by atoms with van der Waals surface area (Å²) in [6, 6.07) is 8.59. The van der Waals surface area contributed by atoms with Gasteiger partial charge in [-0.1, -0.05) is 24.3 Å². The fourth-order valence-corrected chi connectivity index (χ4v) is 3.84. The van der Waals surface area contributed by atoms with Crippen LogP contribution < -0.4 is 10.6 Å². The Morgan fingerprint density at radius 2 is 2.05 bits per heavy atom. The van der Waals surface area contributed by atoms with E-state index in [9.17, 15) is 0 Å². The molecule has 2 N–H and O–H groups in total. The zero-order chi connectivity index (χ0) is 15.8. The maximum absolute atomic E-state index is 4.33. The van der Waals surface area contributed by atoms with Gasteiger partial charge in [-0.3, -0.25) is 4.99 Å². The maximum Gasteiger partial charge on any atom is 0.191 e. The summed E-state index contributed by atoms with van der Waals surface area (Å²) in [5, 5.41) is 7.62. The molecule has 1 saturated heterocycles. The van der Waals surface area contributed by atoms with Crippen molar-refractivity contribution in [3.8, 4) is 0 Å². The largest absolute Gasteiger partial charge is 0.355 e. The molecule has 1 atom stereocenters. The first kappa shape index (κ1) is 17.2. The van der Waals surface area contributed by atoms with Crippen molar-refractivity contribution in [1.82, 2.24) is 15.5 Å². The number of benzene rings is 1. The monoisotopic (exact) mass is 320 g/mol. The van der Waals surface area contributed by atoms with Crippen molar-refractivity contribution >= 4 is 17.7 Å². The smallest absolute Gasteiger partial charge is 0.191 e. The SMILES string of the molecule is CN=C(NCc1ccccc1CN(C)C)NCC1CCCS1. The average molecular weight is 321 g/mol. The van der Waals surface area contributed by atoms with Gasteiger partial charge in [0.15, 0.2) is 5.96 Å². The van der Waals surface area contributed by atoms with Crippen LogP contribution in [0.1, 0.15) is 24.0 Å². The number of nitrogens with zero attached hydrogens (tertiary/aromatic N) is 2. The van der Waals surface area contributed by atoms with E-state index in [4.69, 9.17) is 0 Å². The summed E-state index contributed by atoms with van der Waals surface area (Å²) in [5.41, 5.74) is 2.69. The molecule has 0 aromatic heterocycles. The Kier molecular flexibility index (Phi) is 7.06. The Morgan fingerprint density at radius 1 is 1.27 bits per heavy atom. The molecule has 1 fully saturated rings. The van der Waals surface area contributed by atoms with Crippen LogP contribution in [0.3, 0.4) is 0 Å². The third kappa shape index (κ3) is 5.54. The number of thioether (sulfide) groups is 1. The van der Waals surface area contributed by atoms with Crippen LogP contribution in [0, 0.1) is 0 Å². The van der Waals surface area contributed by atoms with E-state index in [1.807, 2.05) is 7.05 Å². The second kappa shape index (κ2) is 9.06. The molecule has 0 saturated carbocycles. The molecular weight excluding hydrogens is 292 g/mol. The van der Waals surface area contributed by atoms with E-state index in [1.165, 1.54) is 29.7 Å². The van der Waals surface area contributed by atoms with Crippen molar-refractivity contribution in [2.45, 2.75) is 31.2 Å². The van der Waals surface area contributed by atoms with E-state index in [2.05, 4.69) is 70.6 Å². The lowest BCUT2D eigenvalue weighted by Gasteiger charge is -2.17. The highest BCUT2D eigenvalue weighted by atomic mass is 32.2. The van der Waals surface area contributed by atoms with Gasteiger partial charge in [-0.2, -0.15) is 11.8 Å². The molecule has 0 radical (unpaired) electrons. The first-order valence-corrected chi connectivity index (χ1v) is 9.01. The molecule has 122 valence electrons. The Labute approximate surface area is 138 Å². The second-order valence-electron chi connectivity index (χ2n) is 5.95. The predicted octanol–water partition coefficient (Wildman–Crippen LogP) is 2.31. The minimum absolute atomic E-state index is 0.736. The highest BCUT2D eigenvalue weighted by molar-refractivity contribution is 8.00. The molecule has 1 aromatic rings. The molecular formula is C17H28N4S. The Bertz CT molecular complexity index is 481. The molecule has 0 bridgehead atoms. The van der Waals surface area contributed by atoms with Crippen molar-refractivity contribution in [2.24, 2.45) is 4.99 Å². The summed E-state index contributed by atoms with van der Waals surface area (Å²) in [6.07, 6.45) is 2.67. The molecule has 1 aliphatic rings. The number of nitrogens with one attached hydrogen (secondary N) is 2. The molecule has 0 spiro atoms. The molecule has 1 aromatic carbocycles. The van der Waals surface area contributed by atoms with Crippen LogP contribution in [0.15, 0.2) is 29.3 Å². The van der Waals surface area contributed by atoms with Gasteiger partial charge in [-0.25, -0.2) is 0 Å². The summed E-state index contributed by atoms with van der Waals surface area (Å²) in [6.45, 7) is 2.77. The van der Waals surface area contributed by atoms with E-state index in [0.29, 0.717) is 0 Å². The molecule has 5 heteroatoms. The summed E-state index contributed by atoms with van der Waals surface area (Å²) in [7, 11) is 6.04. The van der Waals surface area contributed by atoms with Crippen LogP contribution in [-0.4, -0.2) is 49.6 Å². The standard InChI is InChI=1S/C17H28N4S/c1-18-17(20-12-16-9-6-10-22-16)19-11-14-7-4-5-8-15(14)13-21(2)3/h4-5,7-8,16H,6,9-13H2,1-3H3,(H2,18,19,20). The van der Waals surface area contributed by atoms with E-state index >= 15 is 0 Å². The lowest BCUT2D eigenvalue weighted by Crippen LogP contribution is -2.39. The Balaban J connectivity index is 1.84. The number of aliphatic imine (C=N–C) groups is 1. The van der Waals surface area contributed by atoms with E-state index in [1.54, 1.807) is 0 Å². The Morgan fingerprint density at radius 3 is 2.68 bits per heavy atom. The lowest BCUT2D eigenvalue weighted by atomic mass is 10.1. The zero-order valence-electron chi connectivity index (χ0n) is 13.9. The number of rotatable bonds is 6. The summed E-state index contributed by atoms with van der Waals surface area (Å²) in [5.74, 6) is 2.20. The minimum atomic E-state index is 0.736. The van der Waals surface area contributed by atoms with Gasteiger partial charge >= 0.3 is 0 Å². The van der Waals surface area contributed by atoms with Crippen molar-refractivity contribution in [2.75, 3.05) is 33.4 Å². The van der Waals surface area contributed by atoms with Gasteiger partial charge in [0.2, 0.25) is 0 Å². The second-order valence-corrected chi connectivity index (χ2v) is 7.36. The molecule has 1 heterocycles. The summed E-state index contributed by atoms with van der Waals surface area (Å²) >= 11 is 2.07. The van der Waals surface area contributed by atoms with Gasteiger partial charge in [0.25, 0.3) is 0 Å². The summed E-state index contributed by atoms with van der Waals surface area (Å²) < 4.78 is 0. The van der Waals surface area contributed by atoms with Gasteiger partial charge in [0.1, 0.15) is 0 Å². The average Bonchev–Trinajstić information content (AvgIpc) is 3.01. The molecule has 0 amide bonds. The molecule has 4 nitrogen and oxygen atoms in total. The van der Waals surface area contributed by atoms with Crippen LogP contribution in [0.4, 0.5) is 0 Å². The molecule has 0 aliphatic carbocycles. The molecule has 1 unspecified atom stereocenters. The van der Waals surface area contributed by atoms with Crippen molar-refractivity contribution < 1.29 is 0 Å². The van der Waals surface area contributed by atoms with E-state index < -0.39 is 0 Å². The lowest BCUT2D eigenvalue weighted by molar-refractivity contribution is 0.400. The van der Waals surface area contributed by atoms with Gasteiger partial charge < -0.3 is 15.5 Å². The quantitative estimate of drug-likeness (QED) is 0.623. The first-order valence-electron chi connectivity index (χ1n) is 7.96. The number of hydrogen-bond acceptors (Lipinski definition) is 3. The van der Waals surface area contributed by atoms with Crippen LogP contribution >= 0.6 is 11.8 Å². The van der Waals surface area contributed by atoms with Crippen molar-refractivity contribution in [3.05, 3.63) is 35.4 Å². The molecule has 22 heavy (non-hydrogen) atoms. The van der Waals surface area contributed by atoms with Crippen LogP contribution in [0.2, 0.25) is 0 Å². The maximum atomic E-state index is 4.33. The minimum Gasteiger partial charge on any atom is -0.355 e. The van der Waals surface area contributed by atoms with E-state index in [-0.39, 0.29) is 0 Å². The van der Waals surface area contributed by atoms with Gasteiger partial charge in [0, 0.05) is 31.9 Å². The first-order chi connectivity index (χ1) is 10.7. The fraction of sp³-hybridized carbons (Fsp3) is 0.588. The Hall–Kier alpha value is -1.20. The van der Waals surface area contributed by atoms with Gasteiger partial charge in [-0.15, -0.1) is 0 Å². The normalized spacial score (nSPS) is 18.7. The zero-order valence-corrected chi connectivity index (χ0v) is 14.7. The highest BCUT2D eigenvalue weighted by Crippen LogP contribution is 2.25. The third-order valence-corrected chi connectivity index (χ3v) is 5.19.